The molecule has 2 N–H and O–H groups in total. The van der Waals surface area contributed by atoms with E-state index in [0.717, 1.165) is 12.2 Å². The van der Waals surface area contributed by atoms with Crippen LogP contribution in [0.4, 0.5) is 0 Å². The van der Waals surface area contributed by atoms with Gasteiger partial charge in [0.2, 0.25) is 0 Å². The van der Waals surface area contributed by atoms with Gasteiger partial charge in [0.15, 0.2) is 0 Å². The molecule has 0 saturated carbocycles. The molecule has 84 valence electrons. The van der Waals surface area contributed by atoms with Crippen LogP contribution < -0.4 is 10.5 Å². The van der Waals surface area contributed by atoms with E-state index in [1.54, 1.807) is 0 Å². The van der Waals surface area contributed by atoms with Gasteiger partial charge >= 0.3 is 0 Å². The predicted octanol–water partition coefficient (Wildman–Crippen LogP) is 2.75. The Bertz CT molecular complexity index is 279. The highest BCUT2D eigenvalue weighted by Crippen LogP contribution is 2.12. The summed E-state index contributed by atoms with van der Waals surface area (Å²) in [5.74, 6) is 1.45. The van der Waals surface area contributed by atoms with Crippen LogP contribution in [0.1, 0.15) is 25.8 Å². The first-order valence-corrected chi connectivity index (χ1v) is 5.54. The summed E-state index contributed by atoms with van der Waals surface area (Å²) in [6.07, 6.45) is 0.908. The number of benzene rings is 1. The quantitative estimate of drug-likeness (QED) is 0.805. The molecule has 0 spiro atoms. The molecule has 0 radical (unpaired) electrons. The SMILES string of the molecule is Cc1ccc(OCCC(N)C(C)C)cc1. The smallest absolute Gasteiger partial charge is 0.119 e. The molecule has 0 amide bonds. The van der Waals surface area contributed by atoms with E-state index in [0.29, 0.717) is 12.5 Å². The Balaban J connectivity index is 2.29. The number of rotatable bonds is 5. The van der Waals surface area contributed by atoms with E-state index < -0.39 is 0 Å². The van der Waals surface area contributed by atoms with Crippen LogP contribution in [0.15, 0.2) is 24.3 Å². The van der Waals surface area contributed by atoms with Gasteiger partial charge in [-0.15, -0.1) is 0 Å². The van der Waals surface area contributed by atoms with Crippen molar-refractivity contribution in [2.75, 3.05) is 6.61 Å². The molecule has 0 saturated heterocycles. The van der Waals surface area contributed by atoms with Crippen LogP contribution in [-0.4, -0.2) is 12.6 Å². The van der Waals surface area contributed by atoms with Crippen molar-refractivity contribution in [2.24, 2.45) is 11.7 Å². The summed E-state index contributed by atoms with van der Waals surface area (Å²) in [5.41, 5.74) is 7.18. The summed E-state index contributed by atoms with van der Waals surface area (Å²) in [6.45, 7) is 7.04. The molecule has 0 heterocycles. The van der Waals surface area contributed by atoms with Gasteiger partial charge in [-0.1, -0.05) is 31.5 Å². The molecule has 2 heteroatoms. The van der Waals surface area contributed by atoms with Crippen LogP contribution in [0.5, 0.6) is 5.75 Å². The Morgan fingerprint density at radius 2 is 1.80 bits per heavy atom. The van der Waals surface area contributed by atoms with Crippen molar-refractivity contribution in [1.29, 1.82) is 0 Å². The van der Waals surface area contributed by atoms with Crippen LogP contribution in [0.3, 0.4) is 0 Å². The second kappa shape index (κ2) is 5.76. The summed E-state index contributed by atoms with van der Waals surface area (Å²) in [4.78, 5) is 0. The lowest BCUT2D eigenvalue weighted by Gasteiger charge is -2.15. The lowest BCUT2D eigenvalue weighted by atomic mass is 10.0. The van der Waals surface area contributed by atoms with E-state index in [1.165, 1.54) is 5.56 Å². The molecule has 0 bridgehead atoms. The monoisotopic (exact) mass is 207 g/mol. The molecule has 15 heavy (non-hydrogen) atoms. The van der Waals surface area contributed by atoms with Crippen molar-refractivity contribution in [2.45, 2.75) is 33.2 Å². The Kier molecular flexibility index (Phi) is 4.63. The second-order valence-corrected chi connectivity index (χ2v) is 4.36. The van der Waals surface area contributed by atoms with Crippen LogP contribution in [0.25, 0.3) is 0 Å². The van der Waals surface area contributed by atoms with Crippen molar-refractivity contribution in [3.05, 3.63) is 29.8 Å². The number of aryl methyl sites for hydroxylation is 1. The number of hydrogen-bond donors (Lipinski definition) is 1. The summed E-state index contributed by atoms with van der Waals surface area (Å²) < 4.78 is 5.60. The first-order valence-electron chi connectivity index (χ1n) is 5.54. The van der Waals surface area contributed by atoms with E-state index in [9.17, 15) is 0 Å². The van der Waals surface area contributed by atoms with Gasteiger partial charge in [-0.25, -0.2) is 0 Å². The van der Waals surface area contributed by atoms with Gasteiger partial charge in [0, 0.05) is 6.04 Å². The van der Waals surface area contributed by atoms with Gasteiger partial charge in [-0.2, -0.15) is 0 Å². The van der Waals surface area contributed by atoms with Gasteiger partial charge < -0.3 is 10.5 Å². The molecular formula is C13H21NO. The molecule has 1 atom stereocenters. The Morgan fingerprint density at radius 3 is 2.33 bits per heavy atom. The van der Waals surface area contributed by atoms with Crippen molar-refractivity contribution in [3.63, 3.8) is 0 Å². The molecule has 0 aliphatic heterocycles. The van der Waals surface area contributed by atoms with E-state index in [2.05, 4.69) is 32.9 Å². The minimum absolute atomic E-state index is 0.232. The highest BCUT2D eigenvalue weighted by Gasteiger charge is 2.06. The first kappa shape index (κ1) is 12.1. The molecule has 1 unspecified atom stereocenters. The average molecular weight is 207 g/mol. The van der Waals surface area contributed by atoms with E-state index in [-0.39, 0.29) is 6.04 Å². The normalized spacial score (nSPS) is 12.9. The fourth-order valence-electron chi connectivity index (χ4n) is 1.28. The molecule has 1 rings (SSSR count). The minimum Gasteiger partial charge on any atom is -0.494 e. The van der Waals surface area contributed by atoms with Gasteiger partial charge in [0.05, 0.1) is 6.61 Å². The minimum atomic E-state index is 0.232. The zero-order chi connectivity index (χ0) is 11.3. The summed E-state index contributed by atoms with van der Waals surface area (Å²) in [7, 11) is 0. The standard InChI is InChI=1S/C13H21NO/c1-10(2)13(14)8-9-15-12-6-4-11(3)5-7-12/h4-7,10,13H,8-9,14H2,1-3H3. The highest BCUT2D eigenvalue weighted by molar-refractivity contribution is 5.26. The fourth-order valence-corrected chi connectivity index (χ4v) is 1.28. The van der Waals surface area contributed by atoms with E-state index >= 15 is 0 Å². The van der Waals surface area contributed by atoms with E-state index in [4.69, 9.17) is 10.5 Å². The van der Waals surface area contributed by atoms with Crippen molar-refractivity contribution < 1.29 is 4.74 Å². The van der Waals surface area contributed by atoms with Crippen LogP contribution in [0.2, 0.25) is 0 Å². The summed E-state index contributed by atoms with van der Waals surface area (Å²) in [5, 5.41) is 0. The molecule has 0 aliphatic carbocycles. The Labute approximate surface area is 92.4 Å². The molecule has 1 aromatic rings. The predicted molar refractivity (Wildman–Crippen MR) is 64.1 cm³/mol. The lowest BCUT2D eigenvalue weighted by Crippen LogP contribution is -2.28. The van der Waals surface area contributed by atoms with Crippen LogP contribution >= 0.6 is 0 Å². The summed E-state index contributed by atoms with van der Waals surface area (Å²) >= 11 is 0. The average Bonchev–Trinajstić information content (AvgIpc) is 2.20. The maximum atomic E-state index is 5.92. The third kappa shape index (κ3) is 4.34. The molecular weight excluding hydrogens is 186 g/mol. The van der Waals surface area contributed by atoms with Crippen molar-refractivity contribution in [3.8, 4) is 5.75 Å². The van der Waals surface area contributed by atoms with Gasteiger partial charge in [-0.05, 0) is 31.4 Å². The number of ether oxygens (including phenoxy) is 1. The van der Waals surface area contributed by atoms with Gasteiger partial charge in [-0.3, -0.25) is 0 Å². The largest absolute Gasteiger partial charge is 0.494 e. The fraction of sp³-hybridized carbons (Fsp3) is 0.538. The molecule has 2 nitrogen and oxygen atoms in total. The van der Waals surface area contributed by atoms with E-state index in [1.807, 2.05) is 12.1 Å². The molecule has 0 aromatic heterocycles. The highest BCUT2D eigenvalue weighted by atomic mass is 16.5. The molecule has 0 aliphatic rings. The van der Waals surface area contributed by atoms with Gasteiger partial charge in [0.1, 0.15) is 5.75 Å². The van der Waals surface area contributed by atoms with Crippen LogP contribution in [0, 0.1) is 12.8 Å². The molecule has 1 aromatic carbocycles. The van der Waals surface area contributed by atoms with Crippen LogP contribution in [-0.2, 0) is 0 Å². The lowest BCUT2D eigenvalue weighted by molar-refractivity contribution is 0.282. The zero-order valence-corrected chi connectivity index (χ0v) is 9.86. The Morgan fingerprint density at radius 1 is 1.20 bits per heavy atom. The number of hydrogen-bond acceptors (Lipinski definition) is 2. The maximum absolute atomic E-state index is 5.92. The summed E-state index contributed by atoms with van der Waals surface area (Å²) in [6, 6.07) is 8.33. The van der Waals surface area contributed by atoms with Crippen molar-refractivity contribution in [1.82, 2.24) is 0 Å². The Hall–Kier alpha value is -1.02. The first-order chi connectivity index (χ1) is 7.09. The topological polar surface area (TPSA) is 35.2 Å². The molecule has 0 fully saturated rings. The number of nitrogens with two attached hydrogens (primary N) is 1. The zero-order valence-electron chi connectivity index (χ0n) is 9.86. The maximum Gasteiger partial charge on any atom is 0.119 e. The van der Waals surface area contributed by atoms with Gasteiger partial charge in [0.25, 0.3) is 0 Å². The second-order valence-electron chi connectivity index (χ2n) is 4.36. The third-order valence-electron chi connectivity index (χ3n) is 2.60. The third-order valence-corrected chi connectivity index (χ3v) is 2.60. The van der Waals surface area contributed by atoms with Crippen molar-refractivity contribution >= 4 is 0 Å².